The SMILES string of the molecule is CC(=O)CNC(=O)c1cc(Cl)cc(C)c1NC(=O)c1ccc(Br)n1-c1ncccn1. The second kappa shape index (κ2) is 9.19. The first-order valence-corrected chi connectivity index (χ1v) is 9.98. The quantitative estimate of drug-likeness (QED) is 0.549. The van der Waals surface area contributed by atoms with Gasteiger partial charge in [-0.2, -0.15) is 0 Å². The van der Waals surface area contributed by atoms with Crippen LogP contribution in [0.1, 0.15) is 33.3 Å². The molecule has 0 saturated heterocycles. The summed E-state index contributed by atoms with van der Waals surface area (Å²) >= 11 is 9.50. The molecule has 0 fully saturated rings. The van der Waals surface area contributed by atoms with Crippen molar-refractivity contribution in [3.05, 3.63) is 69.2 Å². The van der Waals surface area contributed by atoms with Gasteiger partial charge in [-0.15, -0.1) is 0 Å². The van der Waals surface area contributed by atoms with Crippen molar-refractivity contribution in [2.24, 2.45) is 0 Å². The van der Waals surface area contributed by atoms with Crippen LogP contribution in [0, 0.1) is 6.92 Å². The number of carbonyl (C=O) groups excluding carboxylic acids is 3. The normalized spacial score (nSPS) is 10.5. The topological polar surface area (TPSA) is 106 Å². The van der Waals surface area contributed by atoms with Crippen LogP contribution in [0.15, 0.2) is 47.3 Å². The van der Waals surface area contributed by atoms with Crippen LogP contribution in [0.5, 0.6) is 0 Å². The Morgan fingerprint density at radius 1 is 1.13 bits per heavy atom. The Balaban J connectivity index is 1.97. The standard InChI is InChI=1S/C20H17BrClN5O3/c1-11-8-13(22)9-14(18(29)25-10-12(2)28)17(11)26-19(30)15-4-5-16(21)27(15)20-23-6-3-7-24-20/h3-9H,10H2,1-2H3,(H,25,29)(H,26,30). The largest absolute Gasteiger partial charge is 0.345 e. The van der Waals surface area contributed by atoms with E-state index in [1.54, 1.807) is 43.6 Å². The molecule has 0 radical (unpaired) electrons. The first kappa shape index (κ1) is 21.7. The first-order chi connectivity index (χ1) is 14.3. The number of hydrogen-bond acceptors (Lipinski definition) is 5. The molecule has 2 aromatic heterocycles. The summed E-state index contributed by atoms with van der Waals surface area (Å²) in [6, 6.07) is 8.05. The van der Waals surface area contributed by atoms with Crippen molar-refractivity contribution >= 4 is 50.8 Å². The molecule has 0 aliphatic carbocycles. The van der Waals surface area contributed by atoms with E-state index in [-0.39, 0.29) is 23.6 Å². The molecule has 0 atom stereocenters. The highest BCUT2D eigenvalue weighted by molar-refractivity contribution is 9.10. The monoisotopic (exact) mass is 489 g/mol. The molecule has 0 spiro atoms. The maximum absolute atomic E-state index is 13.1. The number of anilines is 1. The van der Waals surface area contributed by atoms with E-state index in [0.29, 0.717) is 26.8 Å². The van der Waals surface area contributed by atoms with E-state index in [0.717, 1.165) is 0 Å². The molecule has 0 aliphatic heterocycles. The molecule has 0 aliphatic rings. The number of aromatic nitrogens is 3. The zero-order valence-electron chi connectivity index (χ0n) is 16.1. The van der Waals surface area contributed by atoms with Gasteiger partial charge < -0.3 is 10.6 Å². The van der Waals surface area contributed by atoms with Crippen LogP contribution in [-0.4, -0.2) is 38.7 Å². The summed E-state index contributed by atoms with van der Waals surface area (Å²) < 4.78 is 2.13. The van der Waals surface area contributed by atoms with E-state index < -0.39 is 11.8 Å². The lowest BCUT2D eigenvalue weighted by atomic mass is 10.1. The van der Waals surface area contributed by atoms with Crippen molar-refractivity contribution in [3.8, 4) is 5.95 Å². The third-order valence-corrected chi connectivity index (χ3v) is 4.94. The summed E-state index contributed by atoms with van der Waals surface area (Å²) in [6.07, 6.45) is 3.13. The number of benzene rings is 1. The van der Waals surface area contributed by atoms with Gasteiger partial charge in [-0.1, -0.05) is 11.6 Å². The minimum Gasteiger partial charge on any atom is -0.345 e. The number of ketones is 1. The fourth-order valence-electron chi connectivity index (χ4n) is 2.76. The second-order valence-corrected chi connectivity index (χ2v) is 7.66. The second-order valence-electron chi connectivity index (χ2n) is 6.41. The van der Waals surface area contributed by atoms with E-state index in [2.05, 4.69) is 36.5 Å². The zero-order valence-corrected chi connectivity index (χ0v) is 18.4. The fraction of sp³-hybridized carbons (Fsp3) is 0.150. The number of Topliss-reactive ketones (excluding diaryl/α,β-unsaturated/α-hetero) is 1. The maximum Gasteiger partial charge on any atom is 0.272 e. The lowest BCUT2D eigenvalue weighted by molar-refractivity contribution is -0.116. The van der Waals surface area contributed by atoms with Crippen LogP contribution >= 0.6 is 27.5 Å². The van der Waals surface area contributed by atoms with Crippen LogP contribution in [-0.2, 0) is 4.79 Å². The van der Waals surface area contributed by atoms with Crippen molar-refractivity contribution in [1.29, 1.82) is 0 Å². The molecule has 2 N–H and O–H groups in total. The van der Waals surface area contributed by atoms with Crippen LogP contribution in [0.4, 0.5) is 5.69 Å². The van der Waals surface area contributed by atoms with E-state index in [1.165, 1.54) is 17.6 Å². The van der Waals surface area contributed by atoms with Gasteiger partial charge in [-0.3, -0.25) is 19.0 Å². The van der Waals surface area contributed by atoms with E-state index in [4.69, 9.17) is 11.6 Å². The van der Waals surface area contributed by atoms with E-state index in [1.807, 2.05) is 0 Å². The number of nitrogens with zero attached hydrogens (tertiary/aromatic N) is 3. The molecule has 0 bridgehead atoms. The number of halogens is 2. The lowest BCUT2D eigenvalue weighted by Crippen LogP contribution is -2.29. The van der Waals surface area contributed by atoms with Gasteiger partial charge in [0.1, 0.15) is 11.5 Å². The Kier molecular flexibility index (Phi) is 6.63. The first-order valence-electron chi connectivity index (χ1n) is 8.81. The summed E-state index contributed by atoms with van der Waals surface area (Å²) in [5.41, 5.74) is 1.31. The Morgan fingerprint density at radius 2 is 1.83 bits per heavy atom. The summed E-state index contributed by atoms with van der Waals surface area (Å²) in [5.74, 6) is -0.877. The average Bonchev–Trinajstić information content (AvgIpc) is 3.10. The van der Waals surface area contributed by atoms with Crippen LogP contribution in [0.25, 0.3) is 5.95 Å². The molecule has 3 aromatic rings. The van der Waals surface area contributed by atoms with Gasteiger partial charge >= 0.3 is 0 Å². The fourth-order valence-corrected chi connectivity index (χ4v) is 3.52. The van der Waals surface area contributed by atoms with Gasteiger partial charge in [-0.25, -0.2) is 9.97 Å². The maximum atomic E-state index is 13.1. The van der Waals surface area contributed by atoms with Crippen LogP contribution < -0.4 is 10.6 Å². The molecule has 0 saturated carbocycles. The van der Waals surface area contributed by atoms with Gasteiger partial charge in [0.15, 0.2) is 0 Å². The van der Waals surface area contributed by atoms with Crippen molar-refractivity contribution in [2.75, 3.05) is 11.9 Å². The highest BCUT2D eigenvalue weighted by Gasteiger charge is 2.21. The molecule has 0 unspecified atom stereocenters. The third-order valence-electron chi connectivity index (χ3n) is 4.10. The minimum atomic E-state index is -0.519. The van der Waals surface area contributed by atoms with E-state index in [9.17, 15) is 14.4 Å². The van der Waals surface area contributed by atoms with Crippen molar-refractivity contribution in [2.45, 2.75) is 13.8 Å². The molecule has 8 nitrogen and oxygen atoms in total. The van der Waals surface area contributed by atoms with Crippen molar-refractivity contribution < 1.29 is 14.4 Å². The van der Waals surface area contributed by atoms with Crippen LogP contribution in [0.2, 0.25) is 5.02 Å². The third kappa shape index (κ3) is 4.74. The average molecular weight is 491 g/mol. The Labute approximate surface area is 185 Å². The number of carbonyl (C=O) groups is 3. The number of amides is 2. The number of nitrogens with one attached hydrogen (secondary N) is 2. The molecule has 2 amide bonds. The molecule has 2 heterocycles. The summed E-state index contributed by atoms with van der Waals surface area (Å²) in [5, 5.41) is 5.63. The molecule has 30 heavy (non-hydrogen) atoms. The highest BCUT2D eigenvalue weighted by Crippen LogP contribution is 2.27. The zero-order chi connectivity index (χ0) is 21.8. The molecule has 1 aromatic carbocycles. The highest BCUT2D eigenvalue weighted by atomic mass is 79.9. The molecule has 3 rings (SSSR count). The predicted molar refractivity (Wildman–Crippen MR) is 116 cm³/mol. The number of hydrogen-bond donors (Lipinski definition) is 2. The number of rotatable bonds is 6. The Morgan fingerprint density at radius 3 is 2.50 bits per heavy atom. The van der Waals surface area contributed by atoms with Gasteiger partial charge in [0.05, 0.1) is 22.4 Å². The molecular formula is C20H17BrClN5O3. The van der Waals surface area contributed by atoms with E-state index >= 15 is 0 Å². The van der Waals surface area contributed by atoms with Gasteiger partial charge in [0.2, 0.25) is 5.95 Å². The van der Waals surface area contributed by atoms with Crippen LogP contribution in [0.3, 0.4) is 0 Å². The smallest absolute Gasteiger partial charge is 0.272 e. The Bertz CT molecular complexity index is 1130. The summed E-state index contributed by atoms with van der Waals surface area (Å²) in [7, 11) is 0. The Hall–Kier alpha value is -3.04. The summed E-state index contributed by atoms with van der Waals surface area (Å²) in [6.45, 7) is 2.96. The van der Waals surface area contributed by atoms with Gasteiger partial charge in [0.25, 0.3) is 11.8 Å². The van der Waals surface area contributed by atoms with Gasteiger partial charge in [-0.05, 0) is 65.7 Å². The number of aryl methyl sites for hydroxylation is 1. The predicted octanol–water partition coefficient (Wildman–Crippen LogP) is 3.56. The molecule has 10 heteroatoms. The minimum absolute atomic E-state index is 0.126. The lowest BCUT2D eigenvalue weighted by Gasteiger charge is -2.15. The molecular weight excluding hydrogens is 474 g/mol. The van der Waals surface area contributed by atoms with Crippen molar-refractivity contribution in [1.82, 2.24) is 19.9 Å². The van der Waals surface area contributed by atoms with Gasteiger partial charge in [0, 0.05) is 17.4 Å². The molecule has 154 valence electrons. The van der Waals surface area contributed by atoms with Crippen molar-refractivity contribution in [3.63, 3.8) is 0 Å². The summed E-state index contributed by atoms with van der Waals surface area (Å²) in [4.78, 5) is 45.2.